The number of aliphatic hydroxyl groups is 12. The van der Waals surface area contributed by atoms with E-state index in [1.54, 1.807) is 38.1 Å². The molecular weight excluding hydrogens is 828 g/mol. The van der Waals surface area contributed by atoms with Gasteiger partial charge in [0.25, 0.3) is 0 Å². The molecule has 16 atom stereocenters. The quantitative estimate of drug-likeness (QED) is 0.0635. The lowest BCUT2D eigenvalue weighted by atomic mass is 9.88. The Morgan fingerprint density at radius 2 is 1.00 bits per heavy atom. The summed E-state index contributed by atoms with van der Waals surface area (Å²) in [5, 5.41) is 122. The zero-order valence-corrected chi connectivity index (χ0v) is 34.1. The van der Waals surface area contributed by atoms with Gasteiger partial charge in [-0.05, 0) is 41.2 Å². The smallest absolute Gasteiger partial charge is 0.339 e. The zero-order valence-electron chi connectivity index (χ0n) is 34.1. The molecule has 2 aromatic carbocycles. The van der Waals surface area contributed by atoms with E-state index in [0.29, 0.717) is 16.7 Å². The minimum atomic E-state index is -2.24. The summed E-state index contributed by atoms with van der Waals surface area (Å²) in [5.74, 6) is -2.29. The second-order valence-electron chi connectivity index (χ2n) is 16.2. The largest absolute Gasteiger partial charge is 0.462 e. The maximum Gasteiger partial charge on any atom is 0.339 e. The van der Waals surface area contributed by atoms with Crippen molar-refractivity contribution in [3.8, 4) is 5.75 Å². The highest BCUT2D eigenvalue weighted by Gasteiger charge is 2.52. The summed E-state index contributed by atoms with van der Waals surface area (Å²) in [6.45, 7) is 0.710. The molecule has 5 rings (SSSR count). The first-order valence-corrected chi connectivity index (χ1v) is 20.2. The van der Waals surface area contributed by atoms with Gasteiger partial charge in [0.1, 0.15) is 92.2 Å². The second kappa shape index (κ2) is 22.0. The average molecular weight is 887 g/mol. The van der Waals surface area contributed by atoms with Crippen molar-refractivity contribution in [3.05, 3.63) is 65.2 Å². The van der Waals surface area contributed by atoms with Crippen LogP contribution in [0.25, 0.3) is 0 Å². The Kier molecular flexibility index (Phi) is 17.5. The molecule has 12 N–H and O–H groups in total. The van der Waals surface area contributed by atoms with Crippen LogP contribution in [-0.2, 0) is 57.6 Å². The standard InChI is InChI=1S/C41H58O21/c1-19(2)12-41(62-39-37(54)35(52)32(49)27(16-44)61-39,40(55)57-18-22-7-9-23(10-8-22)58-38-36(53)34(51)31(48)26(15-43)60-38)13-28(45)56-17-21-5-3-20(4-6-21)11-24-29(46)33(50)30(47)25(14-42)59-24/h3-10,19,24-27,29-39,42-44,46-54H,11-18H2,1-2H3. The molecule has 62 heavy (non-hydrogen) atoms. The van der Waals surface area contributed by atoms with Crippen molar-refractivity contribution in [3.63, 3.8) is 0 Å². The minimum Gasteiger partial charge on any atom is -0.462 e. The maximum atomic E-state index is 14.2. The molecule has 0 saturated carbocycles. The van der Waals surface area contributed by atoms with Gasteiger partial charge in [-0.15, -0.1) is 0 Å². The Morgan fingerprint density at radius 3 is 1.53 bits per heavy atom. The Labute approximate surface area is 356 Å². The maximum absolute atomic E-state index is 14.2. The van der Waals surface area contributed by atoms with Crippen molar-refractivity contribution >= 4 is 11.9 Å². The van der Waals surface area contributed by atoms with Crippen LogP contribution in [0.2, 0.25) is 0 Å². The van der Waals surface area contributed by atoms with E-state index < -0.39 is 142 Å². The van der Waals surface area contributed by atoms with Gasteiger partial charge in [0.2, 0.25) is 6.29 Å². The van der Waals surface area contributed by atoms with Gasteiger partial charge in [0.05, 0.1) is 32.3 Å². The van der Waals surface area contributed by atoms with Crippen LogP contribution in [0.3, 0.4) is 0 Å². The lowest BCUT2D eigenvalue weighted by Gasteiger charge is -2.43. The molecule has 0 spiro atoms. The lowest BCUT2D eigenvalue weighted by molar-refractivity contribution is -0.327. The molecule has 21 heteroatoms. The molecule has 2 aromatic rings. The molecule has 0 aromatic heterocycles. The molecular formula is C41H58O21. The summed E-state index contributed by atoms with van der Waals surface area (Å²) in [6.07, 6.45) is -23.7. The molecule has 3 aliphatic heterocycles. The first-order valence-electron chi connectivity index (χ1n) is 20.2. The van der Waals surface area contributed by atoms with Gasteiger partial charge in [0, 0.05) is 6.42 Å². The Balaban J connectivity index is 1.28. The van der Waals surface area contributed by atoms with Crippen LogP contribution >= 0.6 is 0 Å². The molecule has 3 heterocycles. The predicted molar refractivity (Wildman–Crippen MR) is 206 cm³/mol. The number of aliphatic hydroxyl groups excluding tert-OH is 12. The highest BCUT2D eigenvalue weighted by Crippen LogP contribution is 2.35. The van der Waals surface area contributed by atoms with Gasteiger partial charge >= 0.3 is 11.9 Å². The summed E-state index contributed by atoms with van der Waals surface area (Å²) in [4.78, 5) is 27.8. The first kappa shape index (κ1) is 49.6. The van der Waals surface area contributed by atoms with Crippen LogP contribution in [0.5, 0.6) is 5.75 Å². The fourth-order valence-electron chi connectivity index (χ4n) is 7.45. The third-order valence-corrected chi connectivity index (χ3v) is 11.0. The van der Waals surface area contributed by atoms with E-state index in [9.17, 15) is 70.9 Å². The predicted octanol–water partition coefficient (Wildman–Crippen LogP) is -3.97. The lowest BCUT2D eigenvalue weighted by Crippen LogP contribution is -2.62. The van der Waals surface area contributed by atoms with Gasteiger partial charge in [-0.25, -0.2) is 4.79 Å². The van der Waals surface area contributed by atoms with Gasteiger partial charge in [-0.3, -0.25) is 4.79 Å². The molecule has 3 fully saturated rings. The molecule has 16 unspecified atom stereocenters. The molecule has 3 saturated heterocycles. The number of carbonyl (C=O) groups is 2. The molecule has 3 aliphatic rings. The normalized spacial score (nSPS) is 34.9. The SMILES string of the molecule is CC(C)CC(CC(=O)OCc1ccc(CC2OC(CO)C(O)C(O)C2O)cc1)(OC1OC(CO)C(O)C(O)C1O)C(=O)OCc1ccc(OC2OC(CO)C(O)C(O)C2O)cc1. The molecule has 348 valence electrons. The molecule has 0 bridgehead atoms. The summed E-state index contributed by atoms with van der Waals surface area (Å²) in [7, 11) is 0. The number of benzene rings is 2. The topological polar surface area (TPSA) is 342 Å². The number of hydrogen-bond donors (Lipinski definition) is 12. The third-order valence-electron chi connectivity index (χ3n) is 11.0. The monoisotopic (exact) mass is 886 g/mol. The highest BCUT2D eigenvalue weighted by atomic mass is 16.7. The van der Waals surface area contributed by atoms with Crippen molar-refractivity contribution in [1.29, 1.82) is 0 Å². The number of hydrogen-bond acceptors (Lipinski definition) is 21. The van der Waals surface area contributed by atoms with Crippen molar-refractivity contribution in [2.75, 3.05) is 19.8 Å². The molecule has 0 radical (unpaired) electrons. The molecule has 0 aliphatic carbocycles. The third kappa shape index (κ3) is 11.8. The van der Waals surface area contributed by atoms with Crippen LogP contribution in [0.1, 0.15) is 43.4 Å². The van der Waals surface area contributed by atoms with Crippen molar-refractivity contribution in [1.82, 2.24) is 0 Å². The molecule has 21 nitrogen and oxygen atoms in total. The van der Waals surface area contributed by atoms with Crippen molar-refractivity contribution in [2.45, 2.75) is 144 Å². The first-order chi connectivity index (χ1) is 29.4. The van der Waals surface area contributed by atoms with E-state index in [1.165, 1.54) is 24.3 Å². The highest BCUT2D eigenvalue weighted by molar-refractivity contribution is 5.86. The second-order valence-corrected chi connectivity index (χ2v) is 16.2. The summed E-state index contributed by atoms with van der Waals surface area (Å²) in [5.41, 5.74) is -0.697. The summed E-state index contributed by atoms with van der Waals surface area (Å²) < 4.78 is 39.4. The van der Waals surface area contributed by atoms with Crippen LogP contribution in [-0.4, -0.2) is 191 Å². The average Bonchev–Trinajstić information content (AvgIpc) is 3.25. The van der Waals surface area contributed by atoms with Gasteiger partial charge in [-0.2, -0.15) is 0 Å². The van der Waals surface area contributed by atoms with E-state index in [2.05, 4.69) is 0 Å². The fraction of sp³-hybridized carbons (Fsp3) is 0.659. The zero-order chi connectivity index (χ0) is 45.5. The number of ether oxygens (including phenoxy) is 7. The number of esters is 2. The van der Waals surface area contributed by atoms with Crippen LogP contribution in [0.4, 0.5) is 0 Å². The Hall–Kier alpha value is -3.46. The summed E-state index contributed by atoms with van der Waals surface area (Å²) >= 11 is 0. The van der Waals surface area contributed by atoms with E-state index in [4.69, 9.17) is 33.2 Å². The van der Waals surface area contributed by atoms with Gasteiger partial charge < -0.3 is 94.4 Å². The van der Waals surface area contributed by atoms with E-state index in [1.807, 2.05) is 0 Å². The van der Waals surface area contributed by atoms with E-state index in [-0.39, 0.29) is 31.1 Å². The van der Waals surface area contributed by atoms with Crippen LogP contribution in [0.15, 0.2) is 48.5 Å². The van der Waals surface area contributed by atoms with Crippen LogP contribution < -0.4 is 4.74 Å². The minimum absolute atomic E-state index is 0.108. The molecule has 0 amide bonds. The van der Waals surface area contributed by atoms with Crippen LogP contribution in [0, 0.1) is 5.92 Å². The van der Waals surface area contributed by atoms with Crippen molar-refractivity contribution < 1.29 is 104 Å². The number of rotatable bonds is 18. The van der Waals surface area contributed by atoms with Crippen molar-refractivity contribution in [2.24, 2.45) is 5.92 Å². The van der Waals surface area contributed by atoms with Gasteiger partial charge in [0.15, 0.2) is 11.9 Å². The Morgan fingerprint density at radius 1 is 0.565 bits per heavy atom. The fourth-order valence-corrected chi connectivity index (χ4v) is 7.45. The Bertz CT molecular complexity index is 1710. The summed E-state index contributed by atoms with van der Waals surface area (Å²) in [6, 6.07) is 12.4. The van der Waals surface area contributed by atoms with E-state index >= 15 is 0 Å². The van der Waals surface area contributed by atoms with Gasteiger partial charge in [-0.1, -0.05) is 50.2 Å². The number of carbonyl (C=O) groups excluding carboxylic acids is 2. The van der Waals surface area contributed by atoms with E-state index in [0.717, 1.165) is 0 Å².